The van der Waals surface area contributed by atoms with E-state index in [1.807, 2.05) is 6.07 Å². The zero-order valence-corrected chi connectivity index (χ0v) is 20.1. The van der Waals surface area contributed by atoms with Gasteiger partial charge in [-0.1, -0.05) is 0 Å². The van der Waals surface area contributed by atoms with E-state index in [1.165, 1.54) is 12.3 Å². The molecular weight excluding hydrogens is 481 g/mol. The molecule has 1 unspecified atom stereocenters. The topological polar surface area (TPSA) is 139 Å². The lowest BCUT2D eigenvalue weighted by molar-refractivity contribution is -0.119. The smallest absolute Gasteiger partial charge is 0.415 e. The number of hydrogen-bond donors (Lipinski definition) is 2. The summed E-state index contributed by atoms with van der Waals surface area (Å²) in [5.74, 6) is -5.86. The number of alkyl halides is 2. The molecule has 1 atom stereocenters. The van der Waals surface area contributed by atoms with Gasteiger partial charge in [-0.2, -0.15) is 14.0 Å². The van der Waals surface area contributed by atoms with Crippen molar-refractivity contribution < 1.29 is 32.2 Å². The number of amides is 2. The van der Waals surface area contributed by atoms with Crippen LogP contribution in [-0.2, 0) is 15.0 Å². The molecule has 10 nitrogen and oxygen atoms in total. The number of alkyl carbamates (subject to hydrolysis) is 1. The Bertz CT molecular complexity index is 1290. The van der Waals surface area contributed by atoms with Gasteiger partial charge in [0.05, 0.1) is 5.56 Å². The predicted molar refractivity (Wildman–Crippen MR) is 121 cm³/mol. The molecule has 0 aromatic carbocycles. The Morgan fingerprint density at radius 1 is 1.25 bits per heavy atom. The van der Waals surface area contributed by atoms with Gasteiger partial charge in [0, 0.05) is 6.20 Å². The van der Waals surface area contributed by atoms with Crippen LogP contribution in [-0.4, -0.2) is 46.1 Å². The van der Waals surface area contributed by atoms with E-state index < -0.39 is 53.2 Å². The summed E-state index contributed by atoms with van der Waals surface area (Å²) in [6.45, 7) is 6.05. The Balaban J connectivity index is 1.94. The molecule has 2 aromatic heterocycles. The molecule has 36 heavy (non-hydrogen) atoms. The summed E-state index contributed by atoms with van der Waals surface area (Å²) in [4.78, 5) is 36.3. The number of aryl methyl sites for hydroxylation is 1. The number of nitriles is 1. The molecule has 0 saturated carbocycles. The van der Waals surface area contributed by atoms with Crippen molar-refractivity contribution in [2.24, 2.45) is 4.99 Å². The van der Waals surface area contributed by atoms with E-state index >= 15 is 0 Å². The van der Waals surface area contributed by atoms with E-state index in [-0.39, 0.29) is 17.1 Å². The molecule has 3 rings (SSSR count). The number of nitrogens with zero attached hydrogens (tertiary/aromatic N) is 4. The second kappa shape index (κ2) is 9.44. The van der Waals surface area contributed by atoms with Gasteiger partial charge < -0.3 is 14.8 Å². The monoisotopic (exact) mass is 504 g/mol. The van der Waals surface area contributed by atoms with Crippen LogP contribution in [0.2, 0.25) is 0 Å². The number of nitrogens with one attached hydrogen (secondary N) is 2. The maximum Gasteiger partial charge on any atom is 0.415 e. The number of pyridine rings is 2. The van der Waals surface area contributed by atoms with Crippen LogP contribution in [0.25, 0.3) is 0 Å². The first-order chi connectivity index (χ1) is 16.6. The number of aliphatic imine (C=N–C) groups is 1. The quantitative estimate of drug-likeness (QED) is 0.648. The summed E-state index contributed by atoms with van der Waals surface area (Å²) in [6, 6.07) is 4.67. The number of ether oxygens (including phenoxy) is 2. The minimum absolute atomic E-state index is 0.0360. The molecule has 0 radical (unpaired) electrons. The average Bonchev–Trinajstić information content (AvgIpc) is 2.76. The van der Waals surface area contributed by atoms with Crippen LogP contribution in [0.3, 0.4) is 0 Å². The molecule has 2 N–H and O–H groups in total. The van der Waals surface area contributed by atoms with Gasteiger partial charge in [0.1, 0.15) is 34.7 Å². The molecule has 0 fully saturated rings. The van der Waals surface area contributed by atoms with Gasteiger partial charge in [-0.3, -0.25) is 4.79 Å². The highest BCUT2D eigenvalue weighted by Crippen LogP contribution is 2.44. The van der Waals surface area contributed by atoms with Crippen LogP contribution in [0, 0.1) is 24.1 Å². The van der Waals surface area contributed by atoms with Crippen molar-refractivity contribution in [3.63, 3.8) is 0 Å². The maximum absolute atomic E-state index is 15.0. The van der Waals surface area contributed by atoms with Gasteiger partial charge in [0.2, 0.25) is 0 Å². The molecule has 0 aliphatic carbocycles. The van der Waals surface area contributed by atoms with E-state index in [2.05, 4.69) is 25.6 Å². The number of halogens is 3. The van der Waals surface area contributed by atoms with Crippen molar-refractivity contribution in [3.05, 3.63) is 52.7 Å². The zero-order valence-electron chi connectivity index (χ0n) is 20.1. The molecular formula is C23H23F3N6O4. The standard InChI is InChI=1S/C23H23F3N6O4/c1-12-8-13(9-27)10-28-16(12)18(33)30-15-7-6-14(24)17(29-15)22(5)23(25,26)11-35-19(32-22)31-20(34)36-21(2,3)4/h6-8,10H,11H2,1-5H3,(H,29,30,33)(H,31,32,34). The summed E-state index contributed by atoms with van der Waals surface area (Å²) in [7, 11) is 0. The number of amidine groups is 1. The lowest BCUT2D eigenvalue weighted by atomic mass is 9.89. The van der Waals surface area contributed by atoms with Crippen molar-refractivity contribution in [2.45, 2.75) is 51.7 Å². The summed E-state index contributed by atoms with van der Waals surface area (Å²) >= 11 is 0. The predicted octanol–water partition coefficient (Wildman–Crippen LogP) is 3.81. The first-order valence-electron chi connectivity index (χ1n) is 10.6. The number of rotatable bonds is 3. The van der Waals surface area contributed by atoms with Crippen LogP contribution >= 0.6 is 0 Å². The van der Waals surface area contributed by atoms with Crippen LogP contribution in [0.15, 0.2) is 29.4 Å². The average molecular weight is 504 g/mol. The van der Waals surface area contributed by atoms with Gasteiger partial charge in [-0.25, -0.2) is 29.5 Å². The van der Waals surface area contributed by atoms with E-state index in [1.54, 1.807) is 27.7 Å². The van der Waals surface area contributed by atoms with Crippen LogP contribution in [0.4, 0.5) is 23.8 Å². The fraction of sp³-hybridized carbons (Fsp3) is 0.391. The molecule has 0 bridgehead atoms. The number of carbonyl (C=O) groups excluding carboxylic acids is 2. The van der Waals surface area contributed by atoms with Crippen molar-refractivity contribution in [3.8, 4) is 6.07 Å². The Morgan fingerprint density at radius 2 is 1.94 bits per heavy atom. The molecule has 1 aliphatic heterocycles. The second-order valence-electron chi connectivity index (χ2n) is 9.09. The van der Waals surface area contributed by atoms with E-state index in [9.17, 15) is 22.8 Å². The second-order valence-corrected chi connectivity index (χ2v) is 9.09. The number of aromatic nitrogens is 2. The highest BCUT2D eigenvalue weighted by atomic mass is 19.3. The molecule has 0 spiro atoms. The van der Waals surface area contributed by atoms with E-state index in [4.69, 9.17) is 14.7 Å². The third-order valence-corrected chi connectivity index (χ3v) is 5.01. The molecule has 2 aromatic rings. The number of carbonyl (C=O) groups is 2. The Kier molecular flexibility index (Phi) is 6.92. The van der Waals surface area contributed by atoms with Gasteiger partial charge >= 0.3 is 12.0 Å². The fourth-order valence-corrected chi connectivity index (χ4v) is 3.20. The van der Waals surface area contributed by atoms with Crippen LogP contribution < -0.4 is 10.6 Å². The van der Waals surface area contributed by atoms with Crippen molar-refractivity contribution in [2.75, 3.05) is 11.9 Å². The van der Waals surface area contributed by atoms with Gasteiger partial charge in [-0.05, 0) is 58.4 Å². The first-order valence-corrected chi connectivity index (χ1v) is 10.6. The third-order valence-electron chi connectivity index (χ3n) is 5.01. The fourth-order valence-electron chi connectivity index (χ4n) is 3.20. The lowest BCUT2D eigenvalue weighted by Crippen LogP contribution is -2.53. The summed E-state index contributed by atoms with van der Waals surface area (Å²) in [5, 5.41) is 13.4. The normalized spacial score (nSPS) is 18.8. The van der Waals surface area contributed by atoms with Crippen molar-refractivity contribution in [1.29, 1.82) is 5.26 Å². The van der Waals surface area contributed by atoms with Gasteiger partial charge in [-0.15, -0.1) is 0 Å². The molecule has 3 heterocycles. The summed E-state index contributed by atoms with van der Waals surface area (Å²) < 4.78 is 54.7. The Labute approximate surface area is 204 Å². The van der Waals surface area contributed by atoms with E-state index in [0.717, 1.165) is 19.1 Å². The zero-order chi connectivity index (χ0) is 26.9. The molecule has 13 heteroatoms. The molecule has 190 valence electrons. The maximum atomic E-state index is 15.0. The van der Waals surface area contributed by atoms with Crippen LogP contribution in [0.1, 0.15) is 55.0 Å². The lowest BCUT2D eigenvalue weighted by Gasteiger charge is -2.37. The first kappa shape index (κ1) is 26.4. The SMILES string of the molecule is Cc1cc(C#N)cnc1C(=O)Nc1ccc(F)c(C2(C)N=C(NC(=O)OC(C)(C)C)OCC2(F)F)n1. The third kappa shape index (κ3) is 5.54. The largest absolute Gasteiger partial charge is 0.458 e. The Morgan fingerprint density at radius 3 is 2.56 bits per heavy atom. The minimum atomic E-state index is -3.74. The Hall–Kier alpha value is -4.21. The highest BCUT2D eigenvalue weighted by Gasteiger charge is 2.58. The van der Waals surface area contributed by atoms with E-state index in [0.29, 0.717) is 5.56 Å². The summed E-state index contributed by atoms with van der Waals surface area (Å²) in [5.41, 5.74) is -3.68. The summed E-state index contributed by atoms with van der Waals surface area (Å²) in [6.07, 6.45) is 0.191. The molecule has 2 amide bonds. The van der Waals surface area contributed by atoms with Crippen molar-refractivity contribution >= 4 is 23.8 Å². The minimum Gasteiger partial charge on any atom is -0.458 e. The highest BCUT2D eigenvalue weighted by molar-refractivity contribution is 6.03. The molecule has 0 saturated heterocycles. The number of anilines is 1. The number of hydrogen-bond acceptors (Lipinski definition) is 8. The van der Waals surface area contributed by atoms with Gasteiger partial charge in [0.25, 0.3) is 11.9 Å². The molecule has 1 aliphatic rings. The van der Waals surface area contributed by atoms with Crippen LogP contribution in [0.5, 0.6) is 0 Å². The van der Waals surface area contributed by atoms with Gasteiger partial charge in [0.15, 0.2) is 12.1 Å². The van der Waals surface area contributed by atoms with Crippen molar-refractivity contribution in [1.82, 2.24) is 15.3 Å².